The van der Waals surface area contributed by atoms with Gasteiger partial charge in [0.05, 0.1) is 6.54 Å². The van der Waals surface area contributed by atoms with Gasteiger partial charge in [-0.25, -0.2) is 4.99 Å². The minimum absolute atomic E-state index is 0.180. The molecule has 2 aliphatic rings. The number of carbonyl (C=O) groups is 1. The molecule has 1 aromatic heterocycles. The molecule has 0 aromatic carbocycles. The van der Waals surface area contributed by atoms with E-state index in [1.54, 1.807) is 12.4 Å². The Morgan fingerprint density at radius 1 is 1.35 bits per heavy atom. The van der Waals surface area contributed by atoms with Crippen molar-refractivity contribution in [1.29, 1.82) is 0 Å². The number of carbonyl (C=O) groups excluding carboxylic acids is 1. The number of rotatable bonds is 5. The van der Waals surface area contributed by atoms with Crippen molar-refractivity contribution in [2.75, 3.05) is 32.4 Å². The molecule has 0 saturated carbocycles. The first kappa shape index (κ1) is 16.3. The second-order valence-corrected chi connectivity index (χ2v) is 7.45. The van der Waals surface area contributed by atoms with E-state index in [4.69, 9.17) is 4.99 Å². The summed E-state index contributed by atoms with van der Waals surface area (Å²) < 4.78 is 0. The van der Waals surface area contributed by atoms with Crippen LogP contribution in [0.4, 0.5) is 0 Å². The van der Waals surface area contributed by atoms with E-state index in [1.807, 2.05) is 23.9 Å². The average molecular weight is 332 g/mol. The molecule has 0 radical (unpaired) electrons. The summed E-state index contributed by atoms with van der Waals surface area (Å²) in [4.78, 5) is 25.8. The van der Waals surface area contributed by atoms with Crippen molar-refractivity contribution < 1.29 is 4.79 Å². The maximum atomic E-state index is 12.5. The molecule has 6 heteroatoms. The summed E-state index contributed by atoms with van der Waals surface area (Å²) in [5.41, 5.74) is 0.945. The molecule has 3 rings (SSSR count). The predicted molar refractivity (Wildman–Crippen MR) is 94.8 cm³/mol. The molecule has 124 valence electrons. The Balaban J connectivity index is 1.81. The van der Waals surface area contributed by atoms with Crippen molar-refractivity contribution in [3.05, 3.63) is 30.1 Å². The average Bonchev–Trinajstić information content (AvgIpc) is 2.59. The maximum absolute atomic E-state index is 12.5. The van der Waals surface area contributed by atoms with Crippen LogP contribution in [-0.2, 0) is 4.79 Å². The van der Waals surface area contributed by atoms with Gasteiger partial charge in [-0.1, -0.05) is 6.92 Å². The molecule has 3 heterocycles. The number of Topliss-reactive ketones (excluding diaryl/α,β-unsaturated/α-hetero) is 1. The van der Waals surface area contributed by atoms with Crippen molar-refractivity contribution in [1.82, 2.24) is 14.8 Å². The summed E-state index contributed by atoms with van der Waals surface area (Å²) in [5, 5.41) is 0.646. The molecule has 23 heavy (non-hydrogen) atoms. The lowest BCUT2D eigenvalue weighted by atomic mass is 10.0. The fraction of sp³-hybridized carbons (Fsp3) is 0.588. The van der Waals surface area contributed by atoms with Gasteiger partial charge in [0, 0.05) is 37.3 Å². The second-order valence-electron chi connectivity index (χ2n) is 6.18. The first-order chi connectivity index (χ1) is 11.2. The van der Waals surface area contributed by atoms with E-state index in [0.717, 1.165) is 44.0 Å². The number of ketones is 1. The topological polar surface area (TPSA) is 48.8 Å². The van der Waals surface area contributed by atoms with Crippen LogP contribution in [0.2, 0.25) is 0 Å². The van der Waals surface area contributed by atoms with E-state index in [2.05, 4.69) is 28.0 Å². The van der Waals surface area contributed by atoms with Gasteiger partial charge < -0.3 is 9.80 Å². The standard InChI is InChI=1S/C17H24N4OS/c1-13(23-2)6-11-20-9-3-10-21-12-15(22)16(19-17(20)21)14-4-7-18-8-5-14/h4-5,7-8,13,16H,3,6,9-12H2,1-2H3. The first-order valence-electron chi connectivity index (χ1n) is 8.22. The Morgan fingerprint density at radius 2 is 2.13 bits per heavy atom. The number of guanidine groups is 1. The molecule has 2 unspecified atom stereocenters. The second kappa shape index (κ2) is 7.34. The molecule has 0 amide bonds. The van der Waals surface area contributed by atoms with E-state index < -0.39 is 0 Å². The number of hydrogen-bond acceptors (Lipinski definition) is 6. The third-order valence-corrected chi connectivity index (χ3v) is 5.59. The Morgan fingerprint density at radius 3 is 2.87 bits per heavy atom. The Kier molecular flexibility index (Phi) is 5.20. The van der Waals surface area contributed by atoms with Crippen LogP contribution >= 0.6 is 11.8 Å². The molecule has 0 spiro atoms. The molecular formula is C17H24N4OS. The smallest absolute Gasteiger partial charge is 0.198 e. The summed E-state index contributed by atoms with van der Waals surface area (Å²) in [5.74, 6) is 1.19. The van der Waals surface area contributed by atoms with Gasteiger partial charge in [0.2, 0.25) is 0 Å². The lowest BCUT2D eigenvalue weighted by Gasteiger charge is -2.42. The third kappa shape index (κ3) is 3.68. The van der Waals surface area contributed by atoms with Crippen LogP contribution in [0.15, 0.2) is 29.5 Å². The van der Waals surface area contributed by atoms with E-state index in [0.29, 0.717) is 11.8 Å². The molecule has 0 aliphatic carbocycles. The summed E-state index contributed by atoms with van der Waals surface area (Å²) >= 11 is 1.90. The Hall–Kier alpha value is -1.56. The molecule has 2 aliphatic heterocycles. The van der Waals surface area contributed by atoms with Gasteiger partial charge in [-0.05, 0) is 36.8 Å². The molecule has 0 bridgehead atoms. The molecule has 5 nitrogen and oxygen atoms in total. The van der Waals surface area contributed by atoms with E-state index in [-0.39, 0.29) is 11.8 Å². The normalized spacial score (nSPS) is 22.6. The minimum atomic E-state index is -0.372. The number of fused-ring (bicyclic) bond motifs is 1. The fourth-order valence-electron chi connectivity index (χ4n) is 3.10. The predicted octanol–water partition coefficient (Wildman–Crippen LogP) is 2.21. The van der Waals surface area contributed by atoms with Crippen LogP contribution in [0.5, 0.6) is 0 Å². The highest BCUT2D eigenvalue weighted by atomic mass is 32.2. The maximum Gasteiger partial charge on any atom is 0.198 e. The fourth-order valence-corrected chi connectivity index (χ4v) is 3.44. The van der Waals surface area contributed by atoms with Gasteiger partial charge in [-0.15, -0.1) is 0 Å². The van der Waals surface area contributed by atoms with Crippen LogP contribution in [0.3, 0.4) is 0 Å². The Bertz CT molecular complexity index is 577. The monoisotopic (exact) mass is 332 g/mol. The number of aliphatic imine (C=N–C) groups is 1. The van der Waals surface area contributed by atoms with Gasteiger partial charge in [0.25, 0.3) is 0 Å². The van der Waals surface area contributed by atoms with Crippen LogP contribution in [-0.4, -0.2) is 64.2 Å². The van der Waals surface area contributed by atoms with Crippen molar-refractivity contribution >= 4 is 23.5 Å². The lowest BCUT2D eigenvalue weighted by Crippen LogP contribution is -2.55. The summed E-state index contributed by atoms with van der Waals surface area (Å²) in [6, 6.07) is 3.42. The van der Waals surface area contributed by atoms with Gasteiger partial charge in [0.15, 0.2) is 11.7 Å². The highest BCUT2D eigenvalue weighted by molar-refractivity contribution is 7.99. The minimum Gasteiger partial charge on any atom is -0.343 e. The molecule has 1 aromatic rings. The number of aromatic nitrogens is 1. The van der Waals surface area contributed by atoms with Gasteiger partial charge in [0.1, 0.15) is 6.04 Å². The van der Waals surface area contributed by atoms with E-state index in [1.165, 1.54) is 0 Å². The third-order valence-electron chi connectivity index (χ3n) is 4.55. The number of thioether (sulfide) groups is 1. The summed E-state index contributed by atoms with van der Waals surface area (Å²) in [7, 11) is 0. The Labute approximate surface area is 142 Å². The quantitative estimate of drug-likeness (QED) is 0.827. The molecule has 1 saturated heterocycles. The van der Waals surface area contributed by atoms with Crippen LogP contribution in [0.25, 0.3) is 0 Å². The molecule has 2 atom stereocenters. The van der Waals surface area contributed by atoms with Gasteiger partial charge in [-0.2, -0.15) is 11.8 Å². The zero-order valence-electron chi connectivity index (χ0n) is 13.8. The zero-order valence-corrected chi connectivity index (χ0v) is 14.6. The van der Waals surface area contributed by atoms with Crippen molar-refractivity contribution in [3.8, 4) is 0 Å². The number of hydrogen-bond donors (Lipinski definition) is 0. The number of nitrogens with zero attached hydrogens (tertiary/aromatic N) is 4. The van der Waals surface area contributed by atoms with Gasteiger partial charge >= 0.3 is 0 Å². The van der Waals surface area contributed by atoms with Crippen molar-refractivity contribution in [2.45, 2.75) is 31.1 Å². The largest absolute Gasteiger partial charge is 0.343 e. The highest BCUT2D eigenvalue weighted by Crippen LogP contribution is 2.26. The zero-order chi connectivity index (χ0) is 16.2. The summed E-state index contributed by atoms with van der Waals surface area (Å²) in [6.45, 7) is 5.71. The van der Waals surface area contributed by atoms with Crippen LogP contribution < -0.4 is 0 Å². The van der Waals surface area contributed by atoms with Crippen LogP contribution in [0.1, 0.15) is 31.4 Å². The van der Waals surface area contributed by atoms with Gasteiger partial charge in [-0.3, -0.25) is 9.78 Å². The first-order valence-corrected chi connectivity index (χ1v) is 9.51. The number of pyridine rings is 1. The molecular weight excluding hydrogens is 308 g/mol. The van der Waals surface area contributed by atoms with E-state index >= 15 is 0 Å². The van der Waals surface area contributed by atoms with Crippen LogP contribution in [0, 0.1) is 0 Å². The lowest BCUT2D eigenvalue weighted by molar-refractivity contribution is -0.121. The SMILES string of the molecule is CSC(C)CCN1CCCN2CC(=O)C(c3ccncc3)N=C12. The van der Waals surface area contributed by atoms with Crippen molar-refractivity contribution in [2.24, 2.45) is 4.99 Å². The highest BCUT2D eigenvalue weighted by Gasteiger charge is 2.34. The van der Waals surface area contributed by atoms with Crippen molar-refractivity contribution in [3.63, 3.8) is 0 Å². The van der Waals surface area contributed by atoms with E-state index in [9.17, 15) is 4.79 Å². The molecule has 0 N–H and O–H groups in total. The molecule has 1 fully saturated rings. The summed E-state index contributed by atoms with van der Waals surface area (Å²) in [6.07, 6.45) is 7.85.